The molecule has 42 heavy (non-hydrogen) atoms. The predicted molar refractivity (Wildman–Crippen MR) is 148 cm³/mol. The Morgan fingerprint density at radius 1 is 0.595 bits per heavy atom. The molecule has 2 aliphatic carbocycles. The van der Waals surface area contributed by atoms with E-state index in [0.29, 0.717) is 36.5 Å². The lowest BCUT2D eigenvalue weighted by Gasteiger charge is -2.61. The van der Waals surface area contributed by atoms with Crippen LogP contribution in [0.5, 0.6) is 0 Å². The van der Waals surface area contributed by atoms with Gasteiger partial charge in [0.05, 0.1) is 12.2 Å². The van der Waals surface area contributed by atoms with Gasteiger partial charge < -0.3 is 18.9 Å². The summed E-state index contributed by atoms with van der Waals surface area (Å²) < 4.78 is 26.5. The number of Topliss-reactive ketones (excluding diaryl/α,β-unsaturated/α-hetero) is 1. The van der Waals surface area contributed by atoms with Crippen LogP contribution in [0.2, 0.25) is 0 Å². The maximum atomic E-state index is 13.9. The zero-order valence-electron chi connectivity index (χ0n) is 26.2. The lowest BCUT2D eigenvalue weighted by molar-refractivity contribution is -0.571. The van der Waals surface area contributed by atoms with E-state index in [-0.39, 0.29) is 41.7 Å². The molecule has 0 amide bonds. The van der Waals surface area contributed by atoms with E-state index >= 15 is 0 Å². The van der Waals surface area contributed by atoms with Crippen LogP contribution in [0.15, 0.2) is 0 Å². The van der Waals surface area contributed by atoms with Crippen molar-refractivity contribution >= 4 is 5.78 Å². The highest BCUT2D eigenvalue weighted by molar-refractivity contribution is 5.79. The van der Waals surface area contributed by atoms with Gasteiger partial charge in [-0.1, -0.05) is 27.7 Å². The second-order valence-electron chi connectivity index (χ2n) is 15.8. The van der Waals surface area contributed by atoms with Crippen molar-refractivity contribution in [1.29, 1.82) is 0 Å². The molecule has 8 heterocycles. The van der Waals surface area contributed by atoms with Gasteiger partial charge in [-0.2, -0.15) is 0 Å². The fraction of sp³-hybridized carbons (Fsp3) is 0.970. The average Bonchev–Trinajstić information content (AvgIpc) is 3.32. The predicted octanol–water partition coefficient (Wildman–Crippen LogP) is 5.84. The van der Waals surface area contributed by atoms with Crippen LogP contribution in [0.3, 0.4) is 0 Å². The third-order valence-electron chi connectivity index (χ3n) is 13.4. The fourth-order valence-electron chi connectivity index (χ4n) is 11.0. The van der Waals surface area contributed by atoms with Gasteiger partial charge in [-0.15, -0.1) is 0 Å². The van der Waals surface area contributed by atoms with Crippen molar-refractivity contribution in [3.63, 3.8) is 0 Å². The molecule has 0 N–H and O–H groups in total. The molecule has 8 aliphatic heterocycles. The Labute approximate surface area is 249 Å². The molecular weight excluding hydrogens is 540 g/mol. The number of carbonyl (C=O) groups excluding carboxylic acids is 1. The van der Waals surface area contributed by atoms with Gasteiger partial charge in [-0.25, -0.2) is 19.6 Å². The van der Waals surface area contributed by atoms with Gasteiger partial charge in [0.25, 0.3) is 0 Å². The fourth-order valence-corrected chi connectivity index (χ4v) is 11.0. The van der Waals surface area contributed by atoms with Gasteiger partial charge in [-0.05, 0) is 87.9 Å². The summed E-state index contributed by atoms with van der Waals surface area (Å²) in [5.74, 6) is 0.933. The minimum atomic E-state index is -0.816. The van der Waals surface area contributed by atoms with Crippen molar-refractivity contribution in [2.75, 3.05) is 0 Å². The summed E-state index contributed by atoms with van der Waals surface area (Å²) in [7, 11) is 0. The van der Waals surface area contributed by atoms with E-state index in [1.165, 1.54) is 0 Å². The Morgan fingerprint density at radius 2 is 1.02 bits per heavy atom. The van der Waals surface area contributed by atoms with Gasteiger partial charge in [0.2, 0.25) is 11.6 Å². The van der Waals surface area contributed by atoms with Crippen molar-refractivity contribution in [2.45, 2.75) is 153 Å². The Morgan fingerprint density at radius 3 is 1.45 bits per heavy atom. The van der Waals surface area contributed by atoms with Crippen LogP contribution >= 0.6 is 0 Å². The van der Waals surface area contributed by atoms with Crippen LogP contribution < -0.4 is 0 Å². The van der Waals surface area contributed by atoms with Crippen molar-refractivity contribution in [3.8, 4) is 0 Å². The molecule has 10 rings (SSSR count). The maximum Gasteiger partial charge on any atom is 0.201 e. The van der Waals surface area contributed by atoms with Crippen LogP contribution in [-0.4, -0.2) is 53.3 Å². The topological polar surface area (TPSA) is 90.9 Å². The van der Waals surface area contributed by atoms with Crippen molar-refractivity contribution < 1.29 is 43.3 Å². The number of rotatable bonds is 4. The molecular formula is C33H50O9. The lowest BCUT2D eigenvalue weighted by Crippen LogP contribution is -2.70. The second-order valence-corrected chi connectivity index (χ2v) is 15.8. The number of ketones is 1. The first-order valence-electron chi connectivity index (χ1n) is 16.9. The smallest absolute Gasteiger partial charge is 0.201 e. The Kier molecular flexibility index (Phi) is 6.64. The molecule has 2 spiro atoms. The summed E-state index contributed by atoms with van der Waals surface area (Å²) in [6.07, 6.45) is 7.09. The van der Waals surface area contributed by atoms with Gasteiger partial charge in [0.1, 0.15) is 5.78 Å². The quantitative estimate of drug-likeness (QED) is 0.375. The molecule has 2 unspecified atom stereocenters. The van der Waals surface area contributed by atoms with E-state index in [4.69, 9.17) is 38.5 Å². The van der Waals surface area contributed by atoms with E-state index in [1.807, 2.05) is 13.8 Å². The molecule has 16 atom stereocenters. The van der Waals surface area contributed by atoms with Crippen LogP contribution in [-0.2, 0) is 43.3 Å². The van der Waals surface area contributed by atoms with Crippen molar-refractivity contribution in [3.05, 3.63) is 0 Å². The number of hydrogen-bond donors (Lipinski definition) is 0. The monoisotopic (exact) mass is 590 g/mol. The molecule has 0 radical (unpaired) electrons. The zero-order valence-corrected chi connectivity index (χ0v) is 26.2. The molecule has 10 aliphatic rings. The van der Waals surface area contributed by atoms with E-state index in [2.05, 4.69) is 27.7 Å². The highest BCUT2D eigenvalue weighted by Gasteiger charge is 2.71. The van der Waals surface area contributed by atoms with Gasteiger partial charge in [0, 0.05) is 37.5 Å². The van der Waals surface area contributed by atoms with Crippen LogP contribution in [0, 0.1) is 47.3 Å². The van der Waals surface area contributed by atoms with E-state index < -0.39 is 35.4 Å². The highest BCUT2D eigenvalue weighted by atomic mass is 17.3. The van der Waals surface area contributed by atoms with E-state index in [1.54, 1.807) is 0 Å². The van der Waals surface area contributed by atoms with Crippen molar-refractivity contribution in [2.24, 2.45) is 47.3 Å². The normalized spacial score (nSPS) is 59.8. The summed E-state index contributed by atoms with van der Waals surface area (Å²) >= 11 is 0. The first-order chi connectivity index (χ1) is 20.0. The first kappa shape index (κ1) is 28.8. The summed E-state index contributed by atoms with van der Waals surface area (Å²) in [4.78, 5) is 38.4. The highest BCUT2D eigenvalue weighted by Crippen LogP contribution is 2.62. The van der Waals surface area contributed by atoms with E-state index in [0.717, 1.165) is 51.4 Å². The second kappa shape index (κ2) is 9.68. The number of hydrogen-bond acceptors (Lipinski definition) is 9. The molecule has 236 valence electrons. The summed E-state index contributed by atoms with van der Waals surface area (Å²) in [6.45, 7) is 13.0. The summed E-state index contributed by atoms with van der Waals surface area (Å²) in [5, 5.41) is 0. The van der Waals surface area contributed by atoms with Crippen LogP contribution in [0.4, 0.5) is 0 Å². The molecule has 9 heteroatoms. The summed E-state index contributed by atoms with van der Waals surface area (Å²) in [5.41, 5.74) is -1.21. The molecule has 0 aromatic carbocycles. The summed E-state index contributed by atoms with van der Waals surface area (Å²) in [6, 6.07) is 0. The van der Waals surface area contributed by atoms with Crippen molar-refractivity contribution in [1.82, 2.24) is 0 Å². The maximum absolute atomic E-state index is 13.9. The minimum Gasteiger partial charge on any atom is -0.345 e. The number of carbonyl (C=O) groups is 1. The standard InChI is InChI=1S/C33H50O9/c1-17-7-9-24-19(3)26(35-28-32(24)22(17)11-13-30(5,37-28)39-41-32)15-21(34)16-27-20(4)25-10-8-18(2)23-12-14-31(6)38-29(36-27)33(23,25)42-40-31/h17-20,22-29H,7-16H2,1-6H3/t17-,18-,19-,20-,22+,23+,24+,25+,26?,27?,28+,29+,30-,31-,32-,33-/m1/s1. The SMILES string of the molecule is C[C@@H]1CC[C@H]2[C@@H](C)C(CC(=O)CC3O[C@H]4O[C@@]5(C)CC[C@H]6[C@H](C)CC[C@@H]([C@H]3C)[C@@]46OO5)O[C@H]3O[C@@]4(C)CC[C@@H]1[C@]32OO4. The van der Waals surface area contributed by atoms with Gasteiger partial charge in [-0.3, -0.25) is 4.79 Å². The van der Waals surface area contributed by atoms with Gasteiger partial charge >= 0.3 is 0 Å². The largest absolute Gasteiger partial charge is 0.345 e. The first-order valence-corrected chi connectivity index (χ1v) is 16.9. The molecule has 4 bridgehead atoms. The zero-order chi connectivity index (χ0) is 29.2. The number of fused-ring (bicyclic) bond motifs is 4. The Hall–Kier alpha value is -0.650. The Balaban J connectivity index is 1.01. The molecule has 0 aromatic heterocycles. The Bertz CT molecular complexity index is 1020. The molecule has 2 saturated carbocycles. The molecule has 8 saturated heterocycles. The van der Waals surface area contributed by atoms with E-state index in [9.17, 15) is 4.79 Å². The van der Waals surface area contributed by atoms with Crippen LogP contribution in [0.25, 0.3) is 0 Å². The van der Waals surface area contributed by atoms with Gasteiger partial charge in [0.15, 0.2) is 23.8 Å². The average molecular weight is 591 g/mol. The number of ether oxygens (including phenoxy) is 4. The van der Waals surface area contributed by atoms with Crippen LogP contribution in [0.1, 0.15) is 106 Å². The molecule has 9 nitrogen and oxygen atoms in total. The molecule has 10 fully saturated rings. The minimum absolute atomic E-state index is 0.148. The molecule has 0 aromatic rings. The lowest BCUT2D eigenvalue weighted by atomic mass is 9.57. The third kappa shape index (κ3) is 3.93. The third-order valence-corrected chi connectivity index (χ3v) is 13.4.